The van der Waals surface area contributed by atoms with Crippen LogP contribution in [0.2, 0.25) is 10.0 Å². The molecule has 1 aromatic heterocycles. The summed E-state index contributed by atoms with van der Waals surface area (Å²) in [6.45, 7) is 5.42. The number of nitrogens with zero attached hydrogens (tertiary/aromatic N) is 3. The summed E-state index contributed by atoms with van der Waals surface area (Å²) in [6, 6.07) is 12.2. The quantitative estimate of drug-likeness (QED) is 0.454. The van der Waals surface area contributed by atoms with Crippen molar-refractivity contribution in [2.75, 3.05) is 19.7 Å². The minimum atomic E-state index is -0.452. The van der Waals surface area contributed by atoms with Crippen molar-refractivity contribution < 1.29 is 14.3 Å². The maximum absolute atomic E-state index is 13.2. The molecule has 0 saturated carbocycles. The number of hydrazine groups is 1. The Morgan fingerprint density at radius 2 is 1.82 bits per heavy atom. The molecule has 1 aliphatic rings. The summed E-state index contributed by atoms with van der Waals surface area (Å²) < 4.78 is 6.87. The van der Waals surface area contributed by atoms with E-state index in [0.717, 1.165) is 32.4 Å². The fraction of sp³-hybridized carbons (Fsp3) is 0.320. The predicted molar refractivity (Wildman–Crippen MR) is 133 cm³/mol. The van der Waals surface area contributed by atoms with E-state index in [0.29, 0.717) is 38.1 Å². The van der Waals surface area contributed by atoms with Crippen LogP contribution in [0.3, 0.4) is 0 Å². The first-order valence-electron chi connectivity index (χ1n) is 11.3. The minimum Gasteiger partial charge on any atom is -0.462 e. The monoisotopic (exact) mass is 500 g/mol. The average Bonchev–Trinajstić information content (AvgIpc) is 3.16. The van der Waals surface area contributed by atoms with Gasteiger partial charge >= 0.3 is 5.97 Å². The molecule has 0 radical (unpaired) electrons. The molecule has 7 nitrogen and oxygen atoms in total. The third-order valence-electron chi connectivity index (χ3n) is 5.77. The fourth-order valence-corrected chi connectivity index (χ4v) is 4.62. The second-order valence-electron chi connectivity index (χ2n) is 8.08. The van der Waals surface area contributed by atoms with Crippen molar-refractivity contribution >= 4 is 35.1 Å². The van der Waals surface area contributed by atoms with Crippen molar-refractivity contribution in [2.45, 2.75) is 33.1 Å². The number of piperidine rings is 1. The first-order valence-corrected chi connectivity index (χ1v) is 12.0. The molecule has 0 aliphatic carbocycles. The number of ether oxygens (including phenoxy) is 1. The van der Waals surface area contributed by atoms with Gasteiger partial charge in [0.2, 0.25) is 0 Å². The van der Waals surface area contributed by atoms with Gasteiger partial charge in [0, 0.05) is 29.2 Å². The van der Waals surface area contributed by atoms with Crippen LogP contribution in [-0.4, -0.2) is 46.4 Å². The lowest BCUT2D eigenvalue weighted by molar-refractivity contribution is 0.0527. The molecule has 1 aliphatic heterocycles. The van der Waals surface area contributed by atoms with Crippen molar-refractivity contribution in [1.29, 1.82) is 0 Å². The molecule has 2 heterocycles. The summed E-state index contributed by atoms with van der Waals surface area (Å²) in [5, 5.41) is 7.43. The lowest BCUT2D eigenvalue weighted by Gasteiger charge is -2.26. The van der Waals surface area contributed by atoms with Gasteiger partial charge in [0.1, 0.15) is 0 Å². The van der Waals surface area contributed by atoms with Gasteiger partial charge in [-0.2, -0.15) is 5.10 Å². The van der Waals surface area contributed by atoms with E-state index in [1.165, 1.54) is 0 Å². The molecule has 0 atom stereocenters. The minimum absolute atomic E-state index is 0.248. The third-order valence-corrected chi connectivity index (χ3v) is 6.31. The van der Waals surface area contributed by atoms with Crippen LogP contribution in [0.15, 0.2) is 42.5 Å². The number of amides is 1. The van der Waals surface area contributed by atoms with Crippen molar-refractivity contribution in [1.82, 2.24) is 20.2 Å². The van der Waals surface area contributed by atoms with Gasteiger partial charge in [0.25, 0.3) is 5.91 Å². The highest BCUT2D eigenvalue weighted by Gasteiger charge is 2.27. The van der Waals surface area contributed by atoms with Crippen molar-refractivity contribution in [2.24, 2.45) is 0 Å². The zero-order valence-corrected chi connectivity index (χ0v) is 20.6. The summed E-state index contributed by atoms with van der Waals surface area (Å²) in [5.41, 5.74) is 5.94. The van der Waals surface area contributed by atoms with Gasteiger partial charge in [0.05, 0.1) is 28.6 Å². The number of aromatic nitrogens is 2. The highest BCUT2D eigenvalue weighted by Crippen LogP contribution is 2.34. The zero-order chi connectivity index (χ0) is 24.2. The largest absolute Gasteiger partial charge is 0.462 e. The molecule has 1 fully saturated rings. The lowest BCUT2D eigenvalue weighted by Crippen LogP contribution is -2.45. The third kappa shape index (κ3) is 4.97. The first-order chi connectivity index (χ1) is 16.4. The number of nitrogens with one attached hydrogen (secondary N) is 1. The predicted octanol–water partition coefficient (Wildman–Crippen LogP) is 5.46. The van der Waals surface area contributed by atoms with Crippen molar-refractivity contribution in [3.63, 3.8) is 0 Å². The van der Waals surface area contributed by atoms with E-state index in [1.807, 2.05) is 24.1 Å². The van der Waals surface area contributed by atoms with Crippen LogP contribution in [0, 0.1) is 6.92 Å². The molecule has 4 rings (SSSR count). The highest BCUT2D eigenvalue weighted by molar-refractivity contribution is 6.35. The second kappa shape index (κ2) is 10.6. The standard InChI is InChI=1S/C25H26Cl2N4O3/c1-3-34-25(33)19-10-6-5-9-18(19)23-16(2)22(24(32)29-30-13-7-4-8-14-30)28-31(23)21-12-11-17(26)15-20(21)27/h5-6,9-12,15H,3-4,7-8,13-14H2,1-2H3,(H,29,32). The zero-order valence-electron chi connectivity index (χ0n) is 19.1. The lowest BCUT2D eigenvalue weighted by atomic mass is 10.0. The Bertz CT molecular complexity index is 1220. The van der Waals surface area contributed by atoms with Gasteiger partial charge in [-0.1, -0.05) is 47.8 Å². The van der Waals surface area contributed by atoms with Crippen LogP contribution in [0.1, 0.15) is 52.6 Å². The molecule has 1 saturated heterocycles. The summed E-state index contributed by atoms with van der Waals surface area (Å²) in [5.74, 6) is -0.759. The molecule has 0 unspecified atom stereocenters. The molecule has 9 heteroatoms. The van der Waals surface area contributed by atoms with E-state index in [9.17, 15) is 9.59 Å². The van der Waals surface area contributed by atoms with Crippen LogP contribution in [0.25, 0.3) is 16.9 Å². The number of carbonyl (C=O) groups is 2. The van der Waals surface area contributed by atoms with Crippen LogP contribution < -0.4 is 5.43 Å². The van der Waals surface area contributed by atoms with E-state index < -0.39 is 5.97 Å². The number of benzene rings is 2. The number of rotatable bonds is 6. The van der Waals surface area contributed by atoms with Crippen molar-refractivity contribution in [3.8, 4) is 16.9 Å². The number of halogens is 2. The molecule has 2 aromatic carbocycles. The smallest absolute Gasteiger partial charge is 0.338 e. The molecule has 1 amide bonds. The molecule has 178 valence electrons. The normalized spacial score (nSPS) is 14.1. The molecule has 0 bridgehead atoms. The van der Waals surface area contributed by atoms with E-state index in [2.05, 4.69) is 10.5 Å². The molecular weight excluding hydrogens is 475 g/mol. The van der Waals surface area contributed by atoms with Gasteiger partial charge in [-0.05, 0) is 51.0 Å². The van der Waals surface area contributed by atoms with Crippen LogP contribution >= 0.6 is 23.2 Å². The summed E-state index contributed by atoms with van der Waals surface area (Å²) in [7, 11) is 0. The Kier molecular flexibility index (Phi) is 7.56. The number of carbonyl (C=O) groups excluding carboxylic acids is 2. The van der Waals surface area contributed by atoms with Gasteiger partial charge in [0.15, 0.2) is 5.69 Å². The average molecular weight is 501 g/mol. The second-order valence-corrected chi connectivity index (χ2v) is 8.93. The Balaban J connectivity index is 1.87. The summed E-state index contributed by atoms with van der Waals surface area (Å²) >= 11 is 12.6. The van der Waals surface area contributed by atoms with E-state index in [1.54, 1.807) is 41.9 Å². The summed E-state index contributed by atoms with van der Waals surface area (Å²) in [6.07, 6.45) is 3.22. The maximum atomic E-state index is 13.2. The topological polar surface area (TPSA) is 76.5 Å². The fourth-order valence-electron chi connectivity index (χ4n) is 4.13. The molecule has 1 N–H and O–H groups in total. The van der Waals surface area contributed by atoms with Crippen LogP contribution in [0.5, 0.6) is 0 Å². The Labute approximate surface area is 208 Å². The van der Waals surface area contributed by atoms with E-state index in [-0.39, 0.29) is 18.2 Å². The maximum Gasteiger partial charge on any atom is 0.338 e. The van der Waals surface area contributed by atoms with Crippen LogP contribution in [0.4, 0.5) is 0 Å². The van der Waals surface area contributed by atoms with Gasteiger partial charge < -0.3 is 4.74 Å². The summed E-state index contributed by atoms with van der Waals surface area (Å²) in [4.78, 5) is 26.0. The first kappa shape index (κ1) is 24.3. The van der Waals surface area contributed by atoms with Crippen LogP contribution in [-0.2, 0) is 4.74 Å². The number of esters is 1. The van der Waals surface area contributed by atoms with E-state index >= 15 is 0 Å². The number of hydrogen-bond acceptors (Lipinski definition) is 5. The van der Waals surface area contributed by atoms with Gasteiger partial charge in [-0.25, -0.2) is 14.5 Å². The Morgan fingerprint density at radius 3 is 2.53 bits per heavy atom. The molecule has 34 heavy (non-hydrogen) atoms. The molecule has 3 aromatic rings. The molecular formula is C25H26Cl2N4O3. The Morgan fingerprint density at radius 1 is 1.09 bits per heavy atom. The molecule has 0 spiro atoms. The van der Waals surface area contributed by atoms with Gasteiger partial charge in [-0.15, -0.1) is 0 Å². The Hall–Kier alpha value is -2.87. The van der Waals surface area contributed by atoms with Gasteiger partial charge in [-0.3, -0.25) is 10.2 Å². The highest BCUT2D eigenvalue weighted by atomic mass is 35.5. The number of hydrogen-bond donors (Lipinski definition) is 1. The van der Waals surface area contributed by atoms with E-state index in [4.69, 9.17) is 27.9 Å². The SMILES string of the molecule is CCOC(=O)c1ccccc1-c1c(C)c(C(=O)NN2CCCCC2)nn1-c1ccc(Cl)cc1Cl. The van der Waals surface area contributed by atoms with Crippen molar-refractivity contribution in [3.05, 3.63) is 69.3 Å².